The molecule has 1 fully saturated rings. The molecule has 0 spiro atoms. The van der Waals surface area contributed by atoms with Crippen molar-refractivity contribution in [2.45, 2.75) is 65.4 Å². The van der Waals surface area contributed by atoms with Crippen LogP contribution < -0.4 is 0 Å². The van der Waals surface area contributed by atoms with E-state index in [1.807, 2.05) is 6.92 Å². The van der Waals surface area contributed by atoms with Crippen LogP contribution in [0.5, 0.6) is 0 Å². The van der Waals surface area contributed by atoms with Gasteiger partial charge in [-0.05, 0) is 31.6 Å². The quantitative estimate of drug-likeness (QED) is 0.632. The van der Waals surface area contributed by atoms with E-state index in [-0.39, 0.29) is 0 Å². The summed E-state index contributed by atoms with van der Waals surface area (Å²) in [6, 6.07) is 0. The third-order valence-electron chi connectivity index (χ3n) is 3.47. The zero-order chi connectivity index (χ0) is 12.0. The number of hydrogen-bond acceptors (Lipinski definition) is 2. The minimum Gasteiger partial charge on any atom is -0.378 e. The van der Waals surface area contributed by atoms with Crippen LogP contribution in [0.3, 0.4) is 0 Å². The summed E-state index contributed by atoms with van der Waals surface area (Å²) in [7, 11) is 0. The lowest BCUT2D eigenvalue weighted by Crippen LogP contribution is -2.32. The van der Waals surface area contributed by atoms with Crippen molar-refractivity contribution in [3.63, 3.8) is 0 Å². The average molecular weight is 226 g/mol. The number of rotatable bonds is 8. The van der Waals surface area contributed by atoms with E-state index in [0.717, 1.165) is 32.3 Å². The van der Waals surface area contributed by atoms with E-state index in [1.165, 1.54) is 12.8 Å². The molecule has 0 aromatic carbocycles. The normalized spacial score (nSPS) is 26.2. The van der Waals surface area contributed by atoms with E-state index in [1.54, 1.807) is 0 Å². The molecule has 94 valence electrons. The van der Waals surface area contributed by atoms with Crippen molar-refractivity contribution in [1.82, 2.24) is 0 Å². The third-order valence-corrected chi connectivity index (χ3v) is 3.47. The van der Waals surface area contributed by atoms with Crippen LogP contribution >= 0.6 is 0 Å². The Morgan fingerprint density at radius 1 is 1.38 bits per heavy atom. The molecule has 0 amide bonds. The lowest BCUT2D eigenvalue weighted by Gasteiger charge is -2.34. The number of hydrogen-bond donors (Lipinski definition) is 0. The van der Waals surface area contributed by atoms with Gasteiger partial charge in [0, 0.05) is 19.4 Å². The van der Waals surface area contributed by atoms with Crippen LogP contribution in [0.15, 0.2) is 0 Å². The smallest absolute Gasteiger partial charge is 0.133 e. The zero-order valence-corrected chi connectivity index (χ0v) is 11.0. The molecule has 0 aliphatic heterocycles. The fraction of sp³-hybridized carbons (Fsp3) is 0.929. The molecule has 1 aliphatic rings. The average Bonchev–Trinajstić information content (AvgIpc) is 2.14. The minimum atomic E-state index is 0.441. The van der Waals surface area contributed by atoms with Gasteiger partial charge < -0.3 is 4.74 Å². The predicted molar refractivity (Wildman–Crippen MR) is 66.5 cm³/mol. The molecule has 1 aliphatic carbocycles. The molecule has 2 heteroatoms. The van der Waals surface area contributed by atoms with Crippen molar-refractivity contribution in [3.8, 4) is 0 Å². The molecule has 0 bridgehead atoms. The summed E-state index contributed by atoms with van der Waals surface area (Å²) in [5.41, 5.74) is 0. The fourth-order valence-corrected chi connectivity index (χ4v) is 2.60. The summed E-state index contributed by atoms with van der Waals surface area (Å²) in [5, 5.41) is 0. The predicted octanol–water partition coefficient (Wildman–Crippen LogP) is 3.59. The van der Waals surface area contributed by atoms with Crippen LogP contribution in [0.25, 0.3) is 0 Å². The van der Waals surface area contributed by atoms with Gasteiger partial charge >= 0.3 is 0 Å². The van der Waals surface area contributed by atoms with Crippen molar-refractivity contribution in [2.24, 2.45) is 11.8 Å². The number of ether oxygens (including phenoxy) is 1. The first-order valence-corrected chi connectivity index (χ1v) is 6.78. The van der Waals surface area contributed by atoms with Gasteiger partial charge in [-0.3, -0.25) is 4.79 Å². The highest BCUT2D eigenvalue weighted by Crippen LogP contribution is 2.33. The van der Waals surface area contributed by atoms with Gasteiger partial charge in [-0.25, -0.2) is 0 Å². The topological polar surface area (TPSA) is 26.3 Å². The molecule has 2 nitrogen and oxygen atoms in total. The molecule has 16 heavy (non-hydrogen) atoms. The zero-order valence-electron chi connectivity index (χ0n) is 11.0. The Kier molecular flexibility index (Phi) is 6.04. The van der Waals surface area contributed by atoms with Crippen LogP contribution in [0.4, 0.5) is 0 Å². The maximum absolute atomic E-state index is 11.8. The number of Topliss-reactive ketones (excluding diaryl/α,β-unsaturated/α-hetero) is 1. The minimum absolute atomic E-state index is 0.441. The van der Waals surface area contributed by atoms with E-state index in [0.29, 0.717) is 23.7 Å². The van der Waals surface area contributed by atoms with Crippen LogP contribution in [0.2, 0.25) is 0 Å². The lowest BCUT2D eigenvalue weighted by atomic mass is 9.78. The molecular weight excluding hydrogens is 200 g/mol. The second-order valence-corrected chi connectivity index (χ2v) is 5.26. The molecule has 0 saturated heterocycles. The largest absolute Gasteiger partial charge is 0.378 e. The molecule has 1 atom stereocenters. The van der Waals surface area contributed by atoms with Gasteiger partial charge in [-0.2, -0.15) is 0 Å². The highest BCUT2D eigenvalue weighted by Gasteiger charge is 2.30. The van der Waals surface area contributed by atoms with Gasteiger partial charge in [0.2, 0.25) is 0 Å². The van der Waals surface area contributed by atoms with E-state index in [4.69, 9.17) is 4.74 Å². The number of carbonyl (C=O) groups is 1. The summed E-state index contributed by atoms with van der Waals surface area (Å²) in [6.45, 7) is 7.20. The van der Waals surface area contributed by atoms with Gasteiger partial charge in [0.05, 0.1) is 6.10 Å². The Morgan fingerprint density at radius 2 is 2.06 bits per heavy atom. The monoisotopic (exact) mass is 226 g/mol. The van der Waals surface area contributed by atoms with Crippen molar-refractivity contribution < 1.29 is 9.53 Å². The van der Waals surface area contributed by atoms with Gasteiger partial charge in [0.25, 0.3) is 0 Å². The summed E-state index contributed by atoms with van der Waals surface area (Å²) in [6.07, 6.45) is 6.57. The van der Waals surface area contributed by atoms with Gasteiger partial charge in [0.15, 0.2) is 0 Å². The fourth-order valence-electron chi connectivity index (χ4n) is 2.60. The van der Waals surface area contributed by atoms with Crippen LogP contribution in [-0.4, -0.2) is 18.5 Å². The van der Waals surface area contributed by atoms with Gasteiger partial charge in [-0.15, -0.1) is 0 Å². The summed E-state index contributed by atoms with van der Waals surface area (Å²) in [5.74, 6) is 1.64. The molecule has 1 rings (SSSR count). The van der Waals surface area contributed by atoms with Gasteiger partial charge in [0.1, 0.15) is 5.78 Å². The van der Waals surface area contributed by atoms with E-state index in [9.17, 15) is 4.79 Å². The van der Waals surface area contributed by atoms with Crippen LogP contribution in [-0.2, 0) is 9.53 Å². The summed E-state index contributed by atoms with van der Waals surface area (Å²) in [4.78, 5) is 11.8. The molecule has 0 aromatic rings. The van der Waals surface area contributed by atoms with E-state index >= 15 is 0 Å². The van der Waals surface area contributed by atoms with Crippen molar-refractivity contribution in [3.05, 3.63) is 0 Å². The molecule has 0 aromatic heterocycles. The Morgan fingerprint density at radius 3 is 2.62 bits per heavy atom. The molecule has 1 unspecified atom stereocenters. The first kappa shape index (κ1) is 13.7. The molecule has 1 saturated carbocycles. The Bertz CT molecular complexity index is 207. The summed E-state index contributed by atoms with van der Waals surface area (Å²) >= 11 is 0. The Hall–Kier alpha value is -0.370. The maximum atomic E-state index is 11.8. The SMILES string of the molecule is CCCC(C)CC(=O)CC1CC(OCC)C1. The molecule has 0 N–H and O–H groups in total. The second-order valence-electron chi connectivity index (χ2n) is 5.26. The van der Waals surface area contributed by atoms with Crippen molar-refractivity contribution in [2.75, 3.05) is 6.61 Å². The van der Waals surface area contributed by atoms with Gasteiger partial charge in [-0.1, -0.05) is 26.7 Å². The Balaban J connectivity index is 2.07. The molecule has 0 radical (unpaired) electrons. The van der Waals surface area contributed by atoms with Crippen LogP contribution in [0.1, 0.15) is 59.3 Å². The first-order valence-electron chi connectivity index (χ1n) is 6.78. The lowest BCUT2D eigenvalue weighted by molar-refractivity contribution is -0.123. The number of carbonyl (C=O) groups excluding carboxylic acids is 1. The third kappa shape index (κ3) is 4.65. The van der Waals surface area contributed by atoms with E-state index < -0.39 is 0 Å². The second kappa shape index (κ2) is 7.05. The van der Waals surface area contributed by atoms with E-state index in [2.05, 4.69) is 13.8 Å². The van der Waals surface area contributed by atoms with Crippen molar-refractivity contribution in [1.29, 1.82) is 0 Å². The molecule has 0 heterocycles. The highest BCUT2D eigenvalue weighted by molar-refractivity contribution is 5.78. The van der Waals surface area contributed by atoms with Crippen molar-refractivity contribution >= 4 is 5.78 Å². The first-order chi connectivity index (χ1) is 7.65. The highest BCUT2D eigenvalue weighted by atomic mass is 16.5. The maximum Gasteiger partial charge on any atom is 0.133 e. The summed E-state index contributed by atoms with van der Waals surface area (Å²) < 4.78 is 5.50. The standard InChI is InChI=1S/C14H26O2/c1-4-6-11(3)7-13(15)8-12-9-14(10-12)16-5-2/h11-12,14H,4-10H2,1-3H3. The number of ketones is 1. The Labute approximate surface area is 99.8 Å². The molecular formula is C14H26O2. The van der Waals surface area contributed by atoms with Crippen LogP contribution in [0, 0.1) is 11.8 Å².